The number of nitro benzene ring substituents is 3. The molecule has 0 aromatic heterocycles. The lowest BCUT2D eigenvalue weighted by Gasteiger charge is -2.28. The zero-order chi connectivity index (χ0) is 21.6. The molecule has 0 spiro atoms. The first kappa shape index (κ1) is 22.6. The average molecular weight is 395 g/mol. The Kier molecular flexibility index (Phi) is 7.27. The van der Waals surface area contributed by atoms with Gasteiger partial charge in [-0.05, 0) is 6.92 Å². The number of benzene rings is 1. The molecule has 1 aromatic carbocycles. The summed E-state index contributed by atoms with van der Waals surface area (Å²) in [5, 5.41) is 44.4. The number of non-ortho nitro benzene ring substituents is 1. The molecular formula is C16H21N5O7. The highest BCUT2D eigenvalue weighted by Crippen LogP contribution is 2.36. The summed E-state index contributed by atoms with van der Waals surface area (Å²) in [6, 6.07) is 0.769. The maximum Gasteiger partial charge on any atom is 0.283 e. The van der Waals surface area contributed by atoms with Gasteiger partial charge in [-0.3, -0.25) is 35.7 Å². The standard InChI is InChI=1S/C10H18N2.C6H3N3O7/c1-5-10(6-2)11-8(3)7-9(4)12-10;10-6-4(8(13)14)1-3(7(11)12)2-5(6)9(15)16/h7,11H,5-6H2,1-4H3;1-2,10H. The van der Waals surface area contributed by atoms with Crippen molar-refractivity contribution >= 4 is 22.8 Å². The fourth-order valence-corrected chi connectivity index (χ4v) is 2.78. The number of aliphatic imine (C=N–C) groups is 1. The summed E-state index contributed by atoms with van der Waals surface area (Å²) in [5.74, 6) is -1.46. The highest BCUT2D eigenvalue weighted by atomic mass is 16.6. The maximum absolute atomic E-state index is 11.1. The zero-order valence-corrected chi connectivity index (χ0v) is 15.9. The molecular weight excluding hydrogens is 374 g/mol. The second-order valence-corrected chi connectivity index (χ2v) is 6.18. The predicted molar refractivity (Wildman–Crippen MR) is 98.0 cm³/mol. The zero-order valence-electron chi connectivity index (χ0n) is 15.9. The molecule has 0 fully saturated rings. The normalized spacial score (nSPS) is 14.9. The topological polar surface area (TPSA) is 181 Å². The second-order valence-electron chi connectivity index (χ2n) is 6.18. The molecule has 12 nitrogen and oxygen atoms in total. The lowest BCUT2D eigenvalue weighted by Crippen LogP contribution is -2.95. The Hall–Kier alpha value is -3.41. The molecule has 2 N–H and O–H groups in total. The molecule has 1 aliphatic heterocycles. The molecule has 2 rings (SSSR count). The molecule has 12 heteroatoms. The minimum Gasteiger partial charge on any atom is -0.863 e. The molecule has 0 amide bonds. The number of hydrogen-bond donors (Lipinski definition) is 1. The van der Waals surface area contributed by atoms with Gasteiger partial charge in [-0.1, -0.05) is 13.8 Å². The fraction of sp³-hybridized carbons (Fsp3) is 0.438. The Morgan fingerprint density at radius 3 is 1.75 bits per heavy atom. The van der Waals surface area contributed by atoms with E-state index in [2.05, 4.69) is 44.1 Å². The van der Waals surface area contributed by atoms with E-state index in [0.717, 1.165) is 12.8 Å². The van der Waals surface area contributed by atoms with E-state index in [4.69, 9.17) is 0 Å². The van der Waals surface area contributed by atoms with Crippen molar-refractivity contribution in [3.05, 3.63) is 54.2 Å². The average Bonchev–Trinajstić information content (AvgIpc) is 2.60. The Labute approximate surface area is 160 Å². The first-order chi connectivity index (χ1) is 13.0. The quantitative estimate of drug-likeness (QED) is 0.583. The molecule has 0 aliphatic carbocycles. The Morgan fingerprint density at radius 2 is 1.43 bits per heavy atom. The van der Waals surface area contributed by atoms with Crippen molar-refractivity contribution in [1.29, 1.82) is 0 Å². The first-order valence-electron chi connectivity index (χ1n) is 8.35. The van der Waals surface area contributed by atoms with Crippen molar-refractivity contribution in [2.45, 2.75) is 46.2 Å². The van der Waals surface area contributed by atoms with Gasteiger partial charge in [-0.15, -0.1) is 0 Å². The van der Waals surface area contributed by atoms with E-state index in [1.54, 1.807) is 0 Å². The van der Waals surface area contributed by atoms with Crippen LogP contribution < -0.4 is 10.4 Å². The van der Waals surface area contributed by atoms with Crippen LogP contribution in [0.5, 0.6) is 5.75 Å². The van der Waals surface area contributed by atoms with Crippen LogP contribution in [0, 0.1) is 30.3 Å². The van der Waals surface area contributed by atoms with Gasteiger partial charge >= 0.3 is 0 Å². The Morgan fingerprint density at radius 1 is 0.964 bits per heavy atom. The third-order valence-electron chi connectivity index (χ3n) is 4.20. The van der Waals surface area contributed by atoms with Crippen LogP contribution in [0.15, 0.2) is 28.9 Å². The van der Waals surface area contributed by atoms with Crippen molar-refractivity contribution in [2.75, 3.05) is 0 Å². The van der Waals surface area contributed by atoms with Gasteiger partial charge in [0, 0.05) is 31.6 Å². The van der Waals surface area contributed by atoms with Gasteiger partial charge in [-0.2, -0.15) is 0 Å². The third kappa shape index (κ3) is 5.30. The molecule has 1 aliphatic rings. The van der Waals surface area contributed by atoms with Crippen LogP contribution in [0.2, 0.25) is 0 Å². The van der Waals surface area contributed by atoms with E-state index in [-0.39, 0.29) is 5.66 Å². The number of quaternary nitrogens is 1. The van der Waals surface area contributed by atoms with Crippen LogP contribution in [-0.4, -0.2) is 26.1 Å². The summed E-state index contributed by atoms with van der Waals surface area (Å²) in [5.41, 5.74) is -0.646. The fourth-order valence-electron chi connectivity index (χ4n) is 2.78. The summed E-state index contributed by atoms with van der Waals surface area (Å²) >= 11 is 0. The summed E-state index contributed by atoms with van der Waals surface area (Å²) in [7, 11) is 0. The van der Waals surface area contributed by atoms with Gasteiger partial charge in [0.1, 0.15) is 5.70 Å². The van der Waals surface area contributed by atoms with Crippen molar-refractivity contribution in [1.82, 2.24) is 0 Å². The molecule has 28 heavy (non-hydrogen) atoms. The van der Waals surface area contributed by atoms with Crippen LogP contribution >= 0.6 is 0 Å². The smallest absolute Gasteiger partial charge is 0.283 e. The molecule has 0 saturated carbocycles. The Bertz CT molecular complexity index is 824. The lowest BCUT2D eigenvalue weighted by molar-refractivity contribution is -0.685. The molecule has 152 valence electrons. The van der Waals surface area contributed by atoms with Crippen molar-refractivity contribution in [3.8, 4) is 5.75 Å². The summed E-state index contributed by atoms with van der Waals surface area (Å²) in [6.07, 6.45) is 4.35. The lowest BCUT2D eigenvalue weighted by atomic mass is 10.0. The van der Waals surface area contributed by atoms with Gasteiger partial charge in [0.2, 0.25) is 0 Å². The van der Waals surface area contributed by atoms with E-state index < -0.39 is 37.6 Å². The Balaban J connectivity index is 0.000000292. The van der Waals surface area contributed by atoms with E-state index in [0.29, 0.717) is 12.1 Å². The van der Waals surface area contributed by atoms with Gasteiger partial charge in [-0.25, -0.2) is 4.99 Å². The van der Waals surface area contributed by atoms with Crippen LogP contribution in [0.4, 0.5) is 17.1 Å². The molecule has 0 atom stereocenters. The van der Waals surface area contributed by atoms with Crippen molar-refractivity contribution in [2.24, 2.45) is 4.99 Å². The van der Waals surface area contributed by atoms with Crippen LogP contribution in [-0.2, 0) is 0 Å². The highest BCUT2D eigenvalue weighted by molar-refractivity contribution is 5.93. The summed E-state index contributed by atoms with van der Waals surface area (Å²) < 4.78 is 0. The van der Waals surface area contributed by atoms with Crippen molar-refractivity contribution < 1.29 is 25.2 Å². The molecule has 1 heterocycles. The van der Waals surface area contributed by atoms with E-state index in [1.165, 1.54) is 11.4 Å². The molecule has 0 radical (unpaired) electrons. The number of nitro groups is 3. The minimum atomic E-state index is -1.46. The molecule has 0 saturated heterocycles. The van der Waals surface area contributed by atoms with Crippen LogP contribution in [0.25, 0.3) is 0 Å². The molecule has 0 bridgehead atoms. The van der Waals surface area contributed by atoms with E-state index >= 15 is 0 Å². The third-order valence-corrected chi connectivity index (χ3v) is 4.20. The van der Waals surface area contributed by atoms with E-state index in [9.17, 15) is 35.4 Å². The molecule has 0 unspecified atom stereocenters. The van der Waals surface area contributed by atoms with E-state index in [1.807, 2.05) is 0 Å². The van der Waals surface area contributed by atoms with Gasteiger partial charge < -0.3 is 5.11 Å². The SMILES string of the molecule is CCC1(CC)N=C(C)C=C(C)[NH2+]1.O=[N+]([O-])c1cc([N+](=O)[O-])c([O-])c([N+](=O)[O-])c1. The number of nitrogens with zero attached hydrogens (tertiary/aromatic N) is 4. The summed E-state index contributed by atoms with van der Waals surface area (Å²) in [4.78, 5) is 32.2. The number of hydrogen-bond acceptors (Lipinski definition) is 8. The van der Waals surface area contributed by atoms with Gasteiger partial charge in [0.25, 0.3) is 17.1 Å². The second kappa shape index (κ2) is 8.99. The van der Waals surface area contributed by atoms with Gasteiger partial charge in [0.15, 0.2) is 5.66 Å². The van der Waals surface area contributed by atoms with Crippen molar-refractivity contribution in [3.63, 3.8) is 0 Å². The number of allylic oxidation sites excluding steroid dienone is 2. The number of nitrogens with two attached hydrogens (primary N) is 1. The monoisotopic (exact) mass is 395 g/mol. The van der Waals surface area contributed by atoms with Crippen LogP contribution in [0.3, 0.4) is 0 Å². The molecule has 1 aromatic rings. The highest BCUT2D eigenvalue weighted by Gasteiger charge is 2.31. The van der Waals surface area contributed by atoms with Gasteiger partial charge in [0.05, 0.1) is 32.7 Å². The minimum absolute atomic E-state index is 0.100. The van der Waals surface area contributed by atoms with Crippen LogP contribution in [0.1, 0.15) is 40.5 Å². The summed E-state index contributed by atoms with van der Waals surface area (Å²) in [6.45, 7) is 8.64. The first-order valence-corrected chi connectivity index (χ1v) is 8.35. The predicted octanol–water partition coefficient (Wildman–Crippen LogP) is 1.93. The number of rotatable bonds is 5. The maximum atomic E-state index is 11.1. The largest absolute Gasteiger partial charge is 0.863 e.